The molecule has 1 fully saturated rings. The molecule has 3 aromatic heterocycles. The van der Waals surface area contributed by atoms with E-state index in [1.165, 1.54) is 18.2 Å². The van der Waals surface area contributed by atoms with E-state index in [0.29, 0.717) is 33.2 Å². The Morgan fingerprint density at radius 2 is 1.82 bits per heavy atom. The number of aromatic nitrogens is 3. The van der Waals surface area contributed by atoms with E-state index in [1.807, 2.05) is 18.2 Å². The minimum Gasteiger partial charge on any atom is -0.618 e. The molecule has 10 heteroatoms. The Morgan fingerprint density at radius 3 is 2.58 bits per heavy atom. The molecule has 1 saturated carbocycles. The summed E-state index contributed by atoms with van der Waals surface area (Å²) in [5.41, 5.74) is 2.42. The first-order valence-corrected chi connectivity index (χ1v) is 12.7. The number of hydrogen-bond donors (Lipinski definition) is 2. The first-order chi connectivity index (χ1) is 19.4. The van der Waals surface area contributed by atoms with E-state index in [-0.39, 0.29) is 29.0 Å². The highest BCUT2D eigenvalue weighted by Crippen LogP contribution is 2.31. The fourth-order valence-electron chi connectivity index (χ4n) is 4.39. The van der Waals surface area contributed by atoms with Crippen LogP contribution in [0.2, 0.25) is 0 Å². The van der Waals surface area contributed by atoms with Gasteiger partial charge in [0, 0.05) is 34.9 Å². The lowest BCUT2D eigenvalue weighted by molar-refractivity contribution is -0.596. The number of aryl methyl sites for hydroxylation is 1. The van der Waals surface area contributed by atoms with Crippen LogP contribution in [0.1, 0.15) is 28.9 Å². The Kier molecular flexibility index (Phi) is 6.35. The third-order valence-electron chi connectivity index (χ3n) is 6.61. The van der Waals surface area contributed by atoms with E-state index in [1.54, 1.807) is 54.0 Å². The van der Waals surface area contributed by atoms with E-state index in [9.17, 15) is 19.2 Å². The van der Waals surface area contributed by atoms with Gasteiger partial charge in [-0.25, -0.2) is 9.37 Å². The molecule has 40 heavy (non-hydrogen) atoms. The molecule has 3 heterocycles. The number of hydrogen-bond acceptors (Lipinski definition) is 5. The van der Waals surface area contributed by atoms with E-state index in [4.69, 9.17) is 4.74 Å². The summed E-state index contributed by atoms with van der Waals surface area (Å²) in [6, 6.07) is 19.5. The van der Waals surface area contributed by atoms with Crippen molar-refractivity contribution in [3.05, 3.63) is 107 Å². The lowest BCUT2D eigenvalue weighted by Gasteiger charge is -2.12. The zero-order chi connectivity index (χ0) is 27.8. The smallest absolute Gasteiger partial charge is 0.321 e. The van der Waals surface area contributed by atoms with Gasteiger partial charge in [0.1, 0.15) is 11.4 Å². The summed E-state index contributed by atoms with van der Waals surface area (Å²) in [6.45, 7) is 1.79. The van der Waals surface area contributed by atoms with Crippen molar-refractivity contribution in [2.45, 2.75) is 19.8 Å². The number of carbonyl (C=O) groups excluding carboxylic acids is 2. The summed E-state index contributed by atoms with van der Waals surface area (Å²) in [6.07, 6.45) is 5.07. The third kappa shape index (κ3) is 5.06. The molecule has 6 rings (SSSR count). The van der Waals surface area contributed by atoms with Crippen molar-refractivity contribution in [1.29, 1.82) is 0 Å². The predicted octanol–water partition coefficient (Wildman–Crippen LogP) is 5.48. The molecule has 0 unspecified atom stereocenters. The summed E-state index contributed by atoms with van der Waals surface area (Å²) in [4.78, 5) is 29.3. The normalized spacial score (nSPS) is 12.8. The van der Waals surface area contributed by atoms with Crippen LogP contribution in [0.3, 0.4) is 0 Å². The summed E-state index contributed by atoms with van der Waals surface area (Å²) in [5.74, 6) is -0.631. The molecule has 2 N–H and O–H groups in total. The van der Waals surface area contributed by atoms with Gasteiger partial charge in [0.05, 0.1) is 12.4 Å². The Bertz CT molecular complexity index is 1770. The standard InChI is InChI=1S/C30H24FN5O4/c1-18-7-12-24(36(39)28(18)19-5-3-2-4-6-19)30(38)32-21-10-13-25(23(31)15-21)40-22-11-14-27-33-26(17-35(27)16-22)34-29(37)20-8-9-20/h2-7,10-17,20H,8-9H2,1H3,(H,32,38)(H,34,37). The van der Waals surface area contributed by atoms with Gasteiger partial charge < -0.3 is 25.0 Å². The highest BCUT2D eigenvalue weighted by Gasteiger charge is 2.30. The van der Waals surface area contributed by atoms with Crippen LogP contribution < -0.4 is 20.1 Å². The number of carbonyl (C=O) groups is 2. The highest BCUT2D eigenvalue weighted by molar-refractivity contribution is 6.02. The number of rotatable bonds is 7. The number of amides is 2. The quantitative estimate of drug-likeness (QED) is 0.211. The molecule has 1 aliphatic carbocycles. The number of benzene rings is 2. The molecular formula is C30H24FN5O4. The number of pyridine rings is 2. The summed E-state index contributed by atoms with van der Waals surface area (Å²) < 4.78 is 22.9. The maximum atomic E-state index is 14.9. The van der Waals surface area contributed by atoms with Crippen LogP contribution in [-0.4, -0.2) is 21.2 Å². The van der Waals surface area contributed by atoms with Crippen molar-refractivity contribution in [2.24, 2.45) is 5.92 Å². The molecule has 200 valence electrons. The van der Waals surface area contributed by atoms with E-state index in [0.717, 1.165) is 24.5 Å². The van der Waals surface area contributed by atoms with Gasteiger partial charge in [0.25, 0.3) is 5.69 Å². The van der Waals surface area contributed by atoms with Gasteiger partial charge in [0.15, 0.2) is 17.4 Å². The van der Waals surface area contributed by atoms with Gasteiger partial charge in [-0.2, -0.15) is 4.73 Å². The number of halogens is 1. The molecule has 2 amide bonds. The van der Waals surface area contributed by atoms with Gasteiger partial charge in [-0.3, -0.25) is 9.59 Å². The molecule has 0 saturated heterocycles. The van der Waals surface area contributed by atoms with Crippen LogP contribution in [0.25, 0.3) is 16.9 Å². The van der Waals surface area contributed by atoms with Crippen LogP contribution in [-0.2, 0) is 4.79 Å². The Labute approximate surface area is 228 Å². The van der Waals surface area contributed by atoms with E-state index < -0.39 is 11.7 Å². The van der Waals surface area contributed by atoms with Crippen LogP contribution in [0.4, 0.5) is 15.9 Å². The Hall–Kier alpha value is -5.25. The van der Waals surface area contributed by atoms with Crippen LogP contribution >= 0.6 is 0 Å². The Morgan fingerprint density at radius 1 is 1.02 bits per heavy atom. The minimum atomic E-state index is -0.704. The van der Waals surface area contributed by atoms with Crippen LogP contribution in [0, 0.1) is 23.9 Å². The molecule has 0 atom stereocenters. The van der Waals surface area contributed by atoms with E-state index >= 15 is 0 Å². The first kappa shape index (κ1) is 25.1. The van der Waals surface area contributed by atoms with Crippen molar-refractivity contribution in [3.63, 3.8) is 0 Å². The lowest BCUT2D eigenvalue weighted by Crippen LogP contribution is -2.39. The number of anilines is 2. The summed E-state index contributed by atoms with van der Waals surface area (Å²) in [7, 11) is 0. The summed E-state index contributed by atoms with van der Waals surface area (Å²) >= 11 is 0. The van der Waals surface area contributed by atoms with E-state index in [2.05, 4.69) is 15.6 Å². The Balaban J connectivity index is 1.17. The first-order valence-electron chi connectivity index (χ1n) is 12.7. The predicted molar refractivity (Wildman–Crippen MR) is 147 cm³/mol. The third-order valence-corrected chi connectivity index (χ3v) is 6.61. The van der Waals surface area contributed by atoms with Gasteiger partial charge in [0.2, 0.25) is 11.6 Å². The topological polar surface area (TPSA) is 112 Å². The second-order valence-corrected chi connectivity index (χ2v) is 9.63. The van der Waals surface area contributed by atoms with Crippen molar-refractivity contribution < 1.29 is 23.4 Å². The molecule has 2 aromatic carbocycles. The molecule has 1 aliphatic rings. The van der Waals surface area contributed by atoms with Crippen molar-refractivity contribution in [1.82, 2.24) is 9.38 Å². The average Bonchev–Trinajstić information content (AvgIpc) is 3.71. The molecule has 5 aromatic rings. The number of nitrogens with zero attached hydrogens (tertiary/aromatic N) is 3. The molecule has 0 bridgehead atoms. The second kappa shape index (κ2) is 10.1. The maximum absolute atomic E-state index is 14.9. The highest BCUT2D eigenvalue weighted by atomic mass is 19.1. The summed E-state index contributed by atoms with van der Waals surface area (Å²) in [5, 5.41) is 18.4. The monoisotopic (exact) mass is 537 g/mol. The average molecular weight is 538 g/mol. The molecule has 0 radical (unpaired) electrons. The molecule has 0 aliphatic heterocycles. The largest absolute Gasteiger partial charge is 0.618 e. The van der Waals surface area contributed by atoms with Crippen molar-refractivity contribution in [3.8, 4) is 22.8 Å². The number of ether oxygens (including phenoxy) is 1. The number of nitrogens with one attached hydrogen (secondary N) is 2. The zero-order valence-electron chi connectivity index (χ0n) is 21.4. The van der Waals surface area contributed by atoms with Crippen LogP contribution in [0.15, 0.2) is 85.2 Å². The van der Waals surface area contributed by atoms with Gasteiger partial charge in [-0.05, 0) is 62.2 Å². The van der Waals surface area contributed by atoms with Gasteiger partial charge in [-0.1, -0.05) is 18.2 Å². The molecule has 0 spiro atoms. The molecule has 9 nitrogen and oxygen atoms in total. The maximum Gasteiger partial charge on any atom is 0.321 e. The fraction of sp³-hybridized carbons (Fsp3) is 0.133. The van der Waals surface area contributed by atoms with Gasteiger partial charge >= 0.3 is 5.91 Å². The fourth-order valence-corrected chi connectivity index (χ4v) is 4.39. The second-order valence-electron chi connectivity index (χ2n) is 9.63. The van der Waals surface area contributed by atoms with Crippen LogP contribution in [0.5, 0.6) is 11.5 Å². The van der Waals surface area contributed by atoms with Gasteiger partial charge in [-0.15, -0.1) is 0 Å². The SMILES string of the molecule is Cc1ccc(C(=O)Nc2ccc(Oc3ccc4nc(NC(=O)C5CC5)cn4c3)c(F)c2)[n+]([O-])c1-c1ccccc1. The molecular weight excluding hydrogens is 513 g/mol. The van der Waals surface area contributed by atoms with Crippen molar-refractivity contribution >= 4 is 29.0 Å². The zero-order valence-corrected chi connectivity index (χ0v) is 21.4. The lowest BCUT2D eigenvalue weighted by atomic mass is 10.1. The number of imidazole rings is 1. The van der Waals surface area contributed by atoms with Crippen molar-refractivity contribution in [2.75, 3.05) is 10.6 Å². The minimum absolute atomic E-state index is 0.0433. The number of fused-ring (bicyclic) bond motifs is 1.